The van der Waals surface area contributed by atoms with E-state index in [9.17, 15) is 13.2 Å². The Bertz CT molecular complexity index is 692. The first-order chi connectivity index (χ1) is 10.4. The second-order valence-electron chi connectivity index (χ2n) is 5.65. The van der Waals surface area contributed by atoms with Gasteiger partial charge in [-0.25, -0.2) is 0 Å². The second-order valence-corrected chi connectivity index (χ2v) is 5.65. The van der Waals surface area contributed by atoms with E-state index in [2.05, 4.69) is 11.1 Å². The first-order valence-electron chi connectivity index (χ1n) is 7.07. The predicted octanol–water partition coefficient (Wildman–Crippen LogP) is 4.49. The van der Waals surface area contributed by atoms with E-state index in [0.29, 0.717) is 11.3 Å². The van der Waals surface area contributed by atoms with Crippen molar-refractivity contribution in [2.45, 2.75) is 24.9 Å². The maximum atomic E-state index is 13.8. The van der Waals surface area contributed by atoms with Gasteiger partial charge in [0.05, 0.1) is 6.54 Å². The van der Waals surface area contributed by atoms with Crippen molar-refractivity contribution >= 4 is 5.71 Å². The van der Waals surface area contributed by atoms with Gasteiger partial charge in [0.15, 0.2) is 0 Å². The van der Waals surface area contributed by atoms with E-state index in [1.165, 1.54) is 12.1 Å². The van der Waals surface area contributed by atoms with Gasteiger partial charge in [-0.15, -0.1) is 5.56 Å². The summed E-state index contributed by atoms with van der Waals surface area (Å²) in [7, 11) is 0. The molecule has 1 atom stereocenters. The first kappa shape index (κ1) is 18.3. The number of halogens is 3. The molecule has 0 aliphatic carbocycles. The van der Waals surface area contributed by atoms with Crippen LogP contribution in [0.5, 0.6) is 0 Å². The Balaban J connectivity index is 0.00000192. The number of benzene rings is 2. The fraction of sp³-hybridized carbons (Fsp3) is 0.278. The zero-order chi connectivity index (χ0) is 15.8. The molecule has 1 aliphatic rings. The smallest absolute Gasteiger partial charge is 0.301 e. The van der Waals surface area contributed by atoms with Gasteiger partial charge < -0.3 is 4.99 Å². The molecule has 1 radical (unpaired) electrons. The van der Waals surface area contributed by atoms with Crippen LogP contribution in [-0.4, -0.2) is 18.4 Å². The number of rotatable bonds is 2. The maximum absolute atomic E-state index is 13.8. The van der Waals surface area contributed by atoms with Crippen LogP contribution in [-0.2, 0) is 38.1 Å². The van der Waals surface area contributed by atoms with E-state index in [0.717, 1.165) is 5.56 Å². The van der Waals surface area contributed by atoms with Crippen LogP contribution in [0, 0.1) is 13.0 Å². The quantitative estimate of drug-likeness (QED) is 0.670. The van der Waals surface area contributed by atoms with Gasteiger partial charge in [0.25, 0.3) is 0 Å². The Kier molecular flexibility index (Phi) is 5.47. The van der Waals surface area contributed by atoms with Gasteiger partial charge >= 0.3 is 6.18 Å². The third-order valence-corrected chi connectivity index (χ3v) is 4.18. The fourth-order valence-corrected chi connectivity index (χ4v) is 2.81. The minimum absolute atomic E-state index is 0. The number of aliphatic imine (C=N–C) groups is 1. The summed E-state index contributed by atoms with van der Waals surface area (Å²) in [5.74, 6) is 0. The molecule has 2 aromatic rings. The van der Waals surface area contributed by atoms with E-state index in [-0.39, 0.29) is 51.2 Å². The summed E-state index contributed by atoms with van der Waals surface area (Å²) in [6, 6.07) is 16.5. The Morgan fingerprint density at radius 3 is 2.35 bits per heavy atom. The Labute approximate surface area is 158 Å². The minimum Gasteiger partial charge on any atom is -0.301 e. The van der Waals surface area contributed by atoms with Crippen molar-refractivity contribution in [2.75, 3.05) is 6.54 Å². The number of aryl methyl sites for hydroxylation is 1. The van der Waals surface area contributed by atoms with Crippen LogP contribution in [0.15, 0.2) is 53.5 Å². The molecule has 0 fully saturated rings. The Hall–Kier alpha value is -0.996. The average Bonchev–Trinajstić information content (AvgIpc) is 2.95. The molecule has 1 aliphatic heterocycles. The zero-order valence-electron chi connectivity index (χ0n) is 12.7. The largest absolute Gasteiger partial charge is 0.400 e. The molecule has 2 aromatic carbocycles. The molecule has 5 heteroatoms. The topological polar surface area (TPSA) is 12.4 Å². The van der Waals surface area contributed by atoms with Gasteiger partial charge in [-0.2, -0.15) is 43.0 Å². The third kappa shape index (κ3) is 3.43. The van der Waals surface area contributed by atoms with E-state index >= 15 is 0 Å². The van der Waals surface area contributed by atoms with Crippen LogP contribution in [0.1, 0.15) is 23.1 Å². The van der Waals surface area contributed by atoms with Gasteiger partial charge in [-0.05, 0) is 17.7 Å². The molecule has 0 saturated carbocycles. The molecule has 0 saturated heterocycles. The summed E-state index contributed by atoms with van der Waals surface area (Å²) in [5, 5.41) is 0. The van der Waals surface area contributed by atoms with Crippen molar-refractivity contribution in [3.63, 3.8) is 0 Å². The Morgan fingerprint density at radius 2 is 1.78 bits per heavy atom. The van der Waals surface area contributed by atoms with Gasteiger partial charge in [0.2, 0.25) is 0 Å². The van der Waals surface area contributed by atoms with Gasteiger partial charge in [-0.3, -0.25) is 0 Å². The predicted molar refractivity (Wildman–Crippen MR) is 80.2 cm³/mol. The van der Waals surface area contributed by atoms with E-state index < -0.39 is 11.6 Å². The van der Waals surface area contributed by atoms with Gasteiger partial charge in [-0.1, -0.05) is 37.3 Å². The molecular formula is C18H15F3NY-. The van der Waals surface area contributed by atoms with Crippen molar-refractivity contribution in [1.82, 2.24) is 0 Å². The monoisotopic (exact) mass is 391 g/mol. The molecular weight excluding hydrogens is 376 g/mol. The SMILES string of the molecule is Cc1[c-]cc(C2=NCC(c3ccccc3)(C(F)(F)F)C2)cc1.[Y]. The average molecular weight is 391 g/mol. The molecule has 0 aromatic heterocycles. The standard InChI is InChI=1S/C18H15F3N.Y/c1-13-7-9-14(10-8-13)16-11-17(12-22-16,18(19,20)21)15-5-3-2-4-6-15;/h2-7,9-10H,11-12H2,1H3;/q-1;. The minimum atomic E-state index is -4.34. The van der Waals surface area contributed by atoms with Crippen molar-refractivity contribution in [3.05, 3.63) is 71.3 Å². The van der Waals surface area contributed by atoms with E-state index in [1.54, 1.807) is 24.3 Å². The summed E-state index contributed by atoms with van der Waals surface area (Å²) in [5.41, 5.74) is 0.518. The summed E-state index contributed by atoms with van der Waals surface area (Å²) < 4.78 is 41.3. The number of alkyl halides is 3. The number of hydrogen-bond acceptors (Lipinski definition) is 1. The van der Waals surface area contributed by atoms with Crippen LogP contribution in [0.4, 0.5) is 13.2 Å². The van der Waals surface area contributed by atoms with Crippen LogP contribution >= 0.6 is 0 Å². The third-order valence-electron chi connectivity index (χ3n) is 4.18. The summed E-state index contributed by atoms with van der Waals surface area (Å²) in [4.78, 5) is 4.21. The van der Waals surface area contributed by atoms with E-state index in [4.69, 9.17) is 0 Å². The van der Waals surface area contributed by atoms with Crippen molar-refractivity contribution in [2.24, 2.45) is 4.99 Å². The van der Waals surface area contributed by atoms with Crippen molar-refractivity contribution in [1.29, 1.82) is 0 Å². The molecule has 0 spiro atoms. The van der Waals surface area contributed by atoms with Crippen molar-refractivity contribution in [3.8, 4) is 0 Å². The molecule has 0 bridgehead atoms. The number of hydrogen-bond donors (Lipinski definition) is 0. The molecule has 3 rings (SSSR count). The zero-order valence-corrected chi connectivity index (χ0v) is 15.5. The molecule has 0 N–H and O–H groups in total. The number of nitrogens with zero attached hydrogens (tertiary/aromatic N) is 1. The van der Waals surface area contributed by atoms with Crippen LogP contribution in [0.3, 0.4) is 0 Å². The normalized spacial score (nSPS) is 20.8. The summed E-state index contributed by atoms with van der Waals surface area (Å²) >= 11 is 0. The molecule has 0 amide bonds. The summed E-state index contributed by atoms with van der Waals surface area (Å²) in [6.07, 6.45) is -4.47. The van der Waals surface area contributed by atoms with Gasteiger partial charge in [0.1, 0.15) is 5.41 Å². The molecule has 1 unspecified atom stereocenters. The molecule has 23 heavy (non-hydrogen) atoms. The van der Waals surface area contributed by atoms with Crippen LogP contribution in [0.25, 0.3) is 0 Å². The Morgan fingerprint density at radius 1 is 1.09 bits per heavy atom. The first-order valence-corrected chi connectivity index (χ1v) is 7.07. The fourth-order valence-electron chi connectivity index (χ4n) is 2.81. The van der Waals surface area contributed by atoms with Crippen LogP contribution in [0.2, 0.25) is 0 Å². The summed E-state index contributed by atoms with van der Waals surface area (Å²) in [6.45, 7) is 1.63. The van der Waals surface area contributed by atoms with Gasteiger partial charge in [0, 0.05) is 32.7 Å². The maximum Gasteiger partial charge on any atom is 0.400 e. The molecule has 1 nitrogen and oxygen atoms in total. The van der Waals surface area contributed by atoms with E-state index in [1.807, 2.05) is 19.1 Å². The molecule has 117 valence electrons. The van der Waals surface area contributed by atoms with Crippen molar-refractivity contribution < 1.29 is 45.9 Å². The van der Waals surface area contributed by atoms with Crippen LogP contribution < -0.4 is 0 Å². The molecule has 1 heterocycles. The second kappa shape index (κ2) is 6.86.